The maximum Gasteiger partial charge on any atom is 0.154 e. The normalized spacial score (nSPS) is 16.9. The van der Waals surface area contributed by atoms with E-state index in [1.165, 1.54) is 12.8 Å². The number of hydrogen-bond acceptors (Lipinski definition) is 4. The largest absolute Gasteiger partial charge is 0.355 e. The van der Waals surface area contributed by atoms with Gasteiger partial charge in [0.1, 0.15) is 5.52 Å². The van der Waals surface area contributed by atoms with Crippen molar-refractivity contribution in [3.05, 3.63) is 24.7 Å². The quantitative estimate of drug-likeness (QED) is 0.905. The summed E-state index contributed by atoms with van der Waals surface area (Å²) in [6.45, 7) is 6.57. The monoisotopic (exact) mass is 259 g/mol. The predicted octanol–water partition coefficient (Wildman–Crippen LogP) is 1.56. The number of anilines is 1. The van der Waals surface area contributed by atoms with E-state index in [1.807, 2.05) is 29.2 Å². The molecule has 0 bridgehead atoms. The summed E-state index contributed by atoms with van der Waals surface area (Å²) in [6.07, 6.45) is 8.09. The first-order chi connectivity index (χ1) is 9.38. The van der Waals surface area contributed by atoms with Gasteiger partial charge in [-0.2, -0.15) is 5.10 Å². The molecule has 0 aliphatic carbocycles. The molecule has 1 saturated heterocycles. The van der Waals surface area contributed by atoms with Gasteiger partial charge in [-0.25, -0.2) is 9.50 Å². The van der Waals surface area contributed by atoms with Gasteiger partial charge in [0.2, 0.25) is 0 Å². The second-order valence-electron chi connectivity index (χ2n) is 5.14. The first kappa shape index (κ1) is 12.4. The molecule has 1 aliphatic heterocycles. The van der Waals surface area contributed by atoms with Crippen molar-refractivity contribution in [2.45, 2.75) is 19.8 Å². The molecular weight excluding hydrogens is 238 g/mol. The molecule has 0 aromatic carbocycles. The zero-order valence-electron chi connectivity index (χ0n) is 11.4. The second kappa shape index (κ2) is 5.57. The lowest BCUT2D eigenvalue weighted by Gasteiger charge is -2.30. The van der Waals surface area contributed by atoms with Gasteiger partial charge in [0.15, 0.2) is 5.82 Å². The lowest BCUT2D eigenvalue weighted by molar-refractivity contribution is 0.374. The van der Waals surface area contributed by atoms with Crippen LogP contribution in [-0.2, 0) is 0 Å². The van der Waals surface area contributed by atoms with Gasteiger partial charge in [0.05, 0.1) is 6.20 Å². The Kier molecular flexibility index (Phi) is 3.64. The average Bonchev–Trinajstić information content (AvgIpc) is 2.94. The van der Waals surface area contributed by atoms with Crippen LogP contribution in [0.3, 0.4) is 0 Å². The summed E-state index contributed by atoms with van der Waals surface area (Å²) in [5, 5.41) is 7.71. The zero-order valence-corrected chi connectivity index (χ0v) is 11.4. The van der Waals surface area contributed by atoms with Crippen LogP contribution in [0.2, 0.25) is 0 Å². The number of nitrogens with zero attached hydrogens (tertiary/aromatic N) is 4. The highest BCUT2D eigenvalue weighted by molar-refractivity contribution is 5.68. The lowest BCUT2D eigenvalue weighted by Crippen LogP contribution is -2.36. The topological polar surface area (TPSA) is 45.5 Å². The Morgan fingerprint density at radius 2 is 2.21 bits per heavy atom. The predicted molar refractivity (Wildman–Crippen MR) is 76.5 cm³/mol. The van der Waals surface area contributed by atoms with Crippen molar-refractivity contribution < 1.29 is 0 Å². The fourth-order valence-corrected chi connectivity index (χ4v) is 2.83. The first-order valence-electron chi connectivity index (χ1n) is 7.12. The van der Waals surface area contributed by atoms with Crippen LogP contribution in [0.4, 0.5) is 5.82 Å². The fraction of sp³-hybridized carbons (Fsp3) is 0.571. The van der Waals surface area contributed by atoms with Crippen LogP contribution in [-0.4, -0.2) is 40.8 Å². The van der Waals surface area contributed by atoms with Crippen LogP contribution in [0, 0.1) is 5.92 Å². The molecule has 0 amide bonds. The molecule has 3 heterocycles. The molecule has 102 valence electrons. The molecule has 0 unspecified atom stereocenters. The molecule has 0 atom stereocenters. The van der Waals surface area contributed by atoms with Crippen molar-refractivity contribution in [2.75, 3.05) is 31.1 Å². The van der Waals surface area contributed by atoms with Gasteiger partial charge in [-0.15, -0.1) is 0 Å². The molecule has 2 aromatic heterocycles. The maximum atomic E-state index is 4.57. The Bertz CT molecular complexity index is 529. The van der Waals surface area contributed by atoms with Crippen LogP contribution < -0.4 is 10.2 Å². The number of rotatable bonds is 4. The van der Waals surface area contributed by atoms with Crippen molar-refractivity contribution in [2.24, 2.45) is 5.92 Å². The summed E-state index contributed by atoms with van der Waals surface area (Å²) < 4.78 is 1.90. The van der Waals surface area contributed by atoms with E-state index in [0.717, 1.165) is 43.4 Å². The molecular formula is C14H21N5. The highest BCUT2D eigenvalue weighted by Gasteiger charge is 2.18. The van der Waals surface area contributed by atoms with E-state index >= 15 is 0 Å². The Morgan fingerprint density at radius 3 is 3.00 bits per heavy atom. The molecule has 1 fully saturated rings. The van der Waals surface area contributed by atoms with Crippen LogP contribution >= 0.6 is 0 Å². The number of fused-ring (bicyclic) bond motifs is 1. The third-order valence-corrected chi connectivity index (χ3v) is 3.92. The molecule has 0 radical (unpaired) electrons. The molecule has 19 heavy (non-hydrogen) atoms. The van der Waals surface area contributed by atoms with Crippen molar-refractivity contribution >= 4 is 11.3 Å². The Morgan fingerprint density at radius 1 is 1.37 bits per heavy atom. The molecule has 1 N–H and O–H groups in total. The SMILES string of the molecule is CCN(CC1CCNCC1)c1nccn2nccc12. The van der Waals surface area contributed by atoms with Crippen molar-refractivity contribution in [3.63, 3.8) is 0 Å². The third kappa shape index (κ3) is 2.56. The summed E-state index contributed by atoms with van der Waals surface area (Å²) in [7, 11) is 0. The van der Waals surface area contributed by atoms with Crippen molar-refractivity contribution in [3.8, 4) is 0 Å². The summed E-state index contributed by atoms with van der Waals surface area (Å²) in [4.78, 5) is 6.95. The van der Waals surface area contributed by atoms with Crippen molar-refractivity contribution in [1.82, 2.24) is 19.9 Å². The van der Waals surface area contributed by atoms with Gasteiger partial charge >= 0.3 is 0 Å². The highest BCUT2D eigenvalue weighted by atomic mass is 15.3. The van der Waals surface area contributed by atoms with Gasteiger partial charge in [0.25, 0.3) is 0 Å². The van der Waals surface area contributed by atoms with E-state index < -0.39 is 0 Å². The first-order valence-corrected chi connectivity index (χ1v) is 7.12. The number of aromatic nitrogens is 3. The molecule has 0 spiro atoms. The molecule has 2 aromatic rings. The van der Waals surface area contributed by atoms with E-state index in [0.29, 0.717) is 0 Å². The Labute approximate surface area is 113 Å². The molecule has 3 rings (SSSR count). The standard InChI is InChI=1S/C14H21N5/c1-2-18(11-12-3-6-15-7-4-12)14-13-5-8-17-19(13)10-9-16-14/h5,8-10,12,15H,2-4,6-7,11H2,1H3. The molecule has 1 aliphatic rings. The minimum absolute atomic E-state index is 0.770. The van der Waals surface area contributed by atoms with E-state index in [-0.39, 0.29) is 0 Å². The third-order valence-electron chi connectivity index (χ3n) is 3.92. The number of hydrogen-bond donors (Lipinski definition) is 1. The minimum Gasteiger partial charge on any atom is -0.355 e. The fourth-order valence-electron chi connectivity index (χ4n) is 2.83. The van der Waals surface area contributed by atoms with Crippen LogP contribution in [0.1, 0.15) is 19.8 Å². The number of piperidine rings is 1. The number of nitrogens with one attached hydrogen (secondary N) is 1. The lowest BCUT2D eigenvalue weighted by atomic mass is 9.97. The van der Waals surface area contributed by atoms with E-state index in [1.54, 1.807) is 0 Å². The van der Waals surface area contributed by atoms with Gasteiger partial charge in [-0.3, -0.25) is 0 Å². The van der Waals surface area contributed by atoms with Gasteiger partial charge in [-0.05, 0) is 44.8 Å². The minimum atomic E-state index is 0.770. The maximum absolute atomic E-state index is 4.57. The van der Waals surface area contributed by atoms with E-state index in [4.69, 9.17) is 0 Å². The van der Waals surface area contributed by atoms with Crippen molar-refractivity contribution in [1.29, 1.82) is 0 Å². The summed E-state index contributed by atoms with van der Waals surface area (Å²) in [5.74, 6) is 1.83. The average molecular weight is 259 g/mol. The Balaban J connectivity index is 1.82. The highest BCUT2D eigenvalue weighted by Crippen LogP contribution is 2.21. The van der Waals surface area contributed by atoms with Crippen LogP contribution in [0.15, 0.2) is 24.7 Å². The van der Waals surface area contributed by atoms with Crippen LogP contribution in [0.5, 0.6) is 0 Å². The molecule has 0 saturated carbocycles. The summed E-state index contributed by atoms with van der Waals surface area (Å²) in [5.41, 5.74) is 1.10. The van der Waals surface area contributed by atoms with Crippen LogP contribution in [0.25, 0.3) is 5.52 Å². The Hall–Kier alpha value is -1.62. The molecule has 5 heteroatoms. The second-order valence-corrected chi connectivity index (χ2v) is 5.14. The smallest absolute Gasteiger partial charge is 0.154 e. The van der Waals surface area contributed by atoms with Gasteiger partial charge in [0, 0.05) is 25.5 Å². The summed E-state index contributed by atoms with van der Waals surface area (Å²) in [6, 6.07) is 2.04. The summed E-state index contributed by atoms with van der Waals surface area (Å²) >= 11 is 0. The van der Waals surface area contributed by atoms with Gasteiger partial charge in [-0.1, -0.05) is 0 Å². The zero-order chi connectivity index (χ0) is 13.1. The van der Waals surface area contributed by atoms with E-state index in [2.05, 4.69) is 27.2 Å². The molecule has 5 nitrogen and oxygen atoms in total. The van der Waals surface area contributed by atoms with E-state index in [9.17, 15) is 0 Å². The van der Waals surface area contributed by atoms with Gasteiger partial charge < -0.3 is 10.2 Å².